The van der Waals surface area contributed by atoms with Gasteiger partial charge in [0.15, 0.2) is 6.61 Å². The first kappa shape index (κ1) is 16.8. The van der Waals surface area contributed by atoms with E-state index in [0.717, 1.165) is 19.0 Å². The van der Waals surface area contributed by atoms with Crippen LogP contribution in [0.5, 0.6) is 5.75 Å². The van der Waals surface area contributed by atoms with Gasteiger partial charge in [0.2, 0.25) is 0 Å². The maximum Gasteiger partial charge on any atom is 0.258 e. The van der Waals surface area contributed by atoms with Crippen LogP contribution < -0.4 is 10.1 Å². The van der Waals surface area contributed by atoms with E-state index in [-0.39, 0.29) is 19.1 Å². The number of aliphatic hydroxyl groups excluding tert-OH is 1. The number of carbonyl (C=O) groups excluding carboxylic acids is 1. The minimum absolute atomic E-state index is 0.0298. The Hall–Kier alpha value is -1.59. The third-order valence-electron chi connectivity index (χ3n) is 3.99. The van der Waals surface area contributed by atoms with Gasteiger partial charge in [0.25, 0.3) is 5.91 Å². The Labute approximate surface area is 132 Å². The van der Waals surface area contributed by atoms with Crippen molar-refractivity contribution in [3.05, 3.63) is 30.3 Å². The molecule has 1 aromatic carbocycles. The number of amides is 1. The highest BCUT2D eigenvalue weighted by molar-refractivity contribution is 5.77. The summed E-state index contributed by atoms with van der Waals surface area (Å²) in [5, 5.41) is 12.7. The number of ether oxygens (including phenoxy) is 1. The van der Waals surface area contributed by atoms with Crippen molar-refractivity contribution in [2.24, 2.45) is 5.92 Å². The molecule has 5 nitrogen and oxygen atoms in total. The van der Waals surface area contributed by atoms with Crippen molar-refractivity contribution >= 4 is 5.91 Å². The highest BCUT2D eigenvalue weighted by Gasteiger charge is 2.18. The molecule has 22 heavy (non-hydrogen) atoms. The fourth-order valence-electron chi connectivity index (χ4n) is 2.56. The monoisotopic (exact) mass is 306 g/mol. The Morgan fingerprint density at radius 3 is 2.73 bits per heavy atom. The predicted octanol–water partition coefficient (Wildman–Crippen LogP) is 1.27. The second-order valence-electron chi connectivity index (χ2n) is 6.04. The molecule has 1 aromatic rings. The molecule has 5 heteroatoms. The van der Waals surface area contributed by atoms with Gasteiger partial charge in [0, 0.05) is 13.1 Å². The molecule has 1 saturated heterocycles. The first-order chi connectivity index (χ1) is 10.6. The number of benzene rings is 1. The molecule has 2 N–H and O–H groups in total. The average molecular weight is 306 g/mol. The molecule has 0 aliphatic carbocycles. The molecule has 1 fully saturated rings. The zero-order valence-electron chi connectivity index (χ0n) is 13.2. The van der Waals surface area contributed by atoms with E-state index in [2.05, 4.69) is 17.1 Å². The molecule has 0 bridgehead atoms. The molecule has 0 saturated carbocycles. The van der Waals surface area contributed by atoms with Gasteiger partial charge in [0.1, 0.15) is 5.75 Å². The molecular formula is C17H26N2O3. The minimum Gasteiger partial charge on any atom is -0.484 e. The standard InChI is InChI=1S/C17H26N2O3/c1-14-7-9-19(10-8-14)12-15(20)11-18-17(21)13-22-16-5-3-2-4-6-16/h2-6,14-15,20H,7-13H2,1H3,(H,18,21). The number of rotatable bonds is 7. The lowest BCUT2D eigenvalue weighted by atomic mass is 9.99. The van der Waals surface area contributed by atoms with E-state index < -0.39 is 6.10 Å². The molecular weight excluding hydrogens is 280 g/mol. The van der Waals surface area contributed by atoms with Crippen LogP contribution in [0.25, 0.3) is 0 Å². The summed E-state index contributed by atoms with van der Waals surface area (Å²) >= 11 is 0. The zero-order valence-corrected chi connectivity index (χ0v) is 13.2. The van der Waals surface area contributed by atoms with Crippen LogP contribution in [0.15, 0.2) is 30.3 Å². The quantitative estimate of drug-likeness (QED) is 0.796. The summed E-state index contributed by atoms with van der Waals surface area (Å²) < 4.78 is 5.36. The second-order valence-corrected chi connectivity index (χ2v) is 6.04. The lowest BCUT2D eigenvalue weighted by Gasteiger charge is -2.31. The fraction of sp³-hybridized carbons (Fsp3) is 0.588. The van der Waals surface area contributed by atoms with Crippen LogP contribution in [0.1, 0.15) is 19.8 Å². The fourth-order valence-corrected chi connectivity index (χ4v) is 2.56. The van der Waals surface area contributed by atoms with Gasteiger partial charge in [-0.15, -0.1) is 0 Å². The van der Waals surface area contributed by atoms with E-state index in [9.17, 15) is 9.90 Å². The first-order valence-electron chi connectivity index (χ1n) is 7.98. The summed E-state index contributed by atoms with van der Waals surface area (Å²) in [4.78, 5) is 14.0. The number of hydrogen-bond acceptors (Lipinski definition) is 4. The molecule has 0 aromatic heterocycles. The van der Waals surface area contributed by atoms with Crippen LogP contribution in [0, 0.1) is 5.92 Å². The number of aliphatic hydroxyl groups is 1. The first-order valence-corrected chi connectivity index (χ1v) is 7.98. The minimum atomic E-state index is -0.533. The van der Waals surface area contributed by atoms with E-state index in [1.165, 1.54) is 12.8 Å². The lowest BCUT2D eigenvalue weighted by Crippen LogP contribution is -2.43. The molecule has 1 unspecified atom stereocenters. The van der Waals surface area contributed by atoms with Gasteiger partial charge >= 0.3 is 0 Å². The van der Waals surface area contributed by atoms with Crippen molar-refractivity contribution in [3.8, 4) is 5.75 Å². The van der Waals surface area contributed by atoms with Crippen LogP contribution in [-0.4, -0.2) is 54.8 Å². The Morgan fingerprint density at radius 2 is 2.05 bits per heavy atom. The summed E-state index contributed by atoms with van der Waals surface area (Å²) in [5.74, 6) is 1.24. The van der Waals surface area contributed by atoms with Crippen molar-refractivity contribution in [1.29, 1.82) is 0 Å². The Balaban J connectivity index is 1.59. The summed E-state index contributed by atoms with van der Waals surface area (Å²) in [6, 6.07) is 9.22. The highest BCUT2D eigenvalue weighted by atomic mass is 16.5. The lowest BCUT2D eigenvalue weighted by molar-refractivity contribution is -0.123. The molecule has 1 aliphatic rings. The number of nitrogens with one attached hydrogen (secondary N) is 1. The van der Waals surface area contributed by atoms with Gasteiger partial charge in [0.05, 0.1) is 6.10 Å². The number of β-amino-alcohol motifs (C(OH)–C–C–N with tert-alkyl or cyclic N) is 1. The number of carbonyl (C=O) groups is 1. The van der Waals surface area contributed by atoms with Crippen LogP contribution in [0.4, 0.5) is 0 Å². The van der Waals surface area contributed by atoms with Gasteiger partial charge < -0.3 is 20.1 Å². The predicted molar refractivity (Wildman–Crippen MR) is 85.8 cm³/mol. The number of piperidine rings is 1. The maximum atomic E-state index is 11.7. The average Bonchev–Trinajstić information content (AvgIpc) is 2.54. The van der Waals surface area contributed by atoms with E-state index in [4.69, 9.17) is 4.74 Å². The highest BCUT2D eigenvalue weighted by Crippen LogP contribution is 2.15. The molecule has 0 radical (unpaired) electrons. The Kier molecular flexibility index (Phi) is 6.68. The molecule has 1 heterocycles. The molecule has 0 spiro atoms. The van der Waals surface area contributed by atoms with E-state index in [0.29, 0.717) is 12.3 Å². The van der Waals surface area contributed by atoms with Crippen molar-refractivity contribution in [2.75, 3.05) is 32.8 Å². The molecule has 122 valence electrons. The van der Waals surface area contributed by atoms with Gasteiger partial charge in [-0.3, -0.25) is 4.79 Å². The second kappa shape index (κ2) is 8.76. The Bertz CT molecular complexity index is 444. The normalized spacial score (nSPS) is 17.9. The number of likely N-dealkylation sites (tertiary alicyclic amines) is 1. The van der Waals surface area contributed by atoms with Crippen molar-refractivity contribution in [2.45, 2.75) is 25.9 Å². The van der Waals surface area contributed by atoms with Gasteiger partial charge in [-0.25, -0.2) is 0 Å². The Morgan fingerprint density at radius 1 is 1.36 bits per heavy atom. The number of nitrogens with zero attached hydrogens (tertiary/aromatic N) is 1. The number of hydrogen-bond donors (Lipinski definition) is 2. The summed E-state index contributed by atoms with van der Waals surface area (Å²) in [7, 11) is 0. The van der Waals surface area contributed by atoms with E-state index in [1.807, 2.05) is 18.2 Å². The van der Waals surface area contributed by atoms with E-state index >= 15 is 0 Å². The molecule has 1 atom stereocenters. The van der Waals surface area contributed by atoms with Gasteiger partial charge in [-0.1, -0.05) is 25.1 Å². The summed E-state index contributed by atoms with van der Waals surface area (Å²) in [5.41, 5.74) is 0. The van der Waals surface area contributed by atoms with Crippen LogP contribution in [0.3, 0.4) is 0 Å². The van der Waals surface area contributed by atoms with E-state index in [1.54, 1.807) is 12.1 Å². The molecule has 2 rings (SSSR count). The van der Waals surface area contributed by atoms with Crippen LogP contribution in [0.2, 0.25) is 0 Å². The zero-order chi connectivity index (χ0) is 15.8. The third kappa shape index (κ3) is 6.03. The maximum absolute atomic E-state index is 11.7. The van der Waals surface area contributed by atoms with Crippen molar-refractivity contribution < 1.29 is 14.6 Å². The molecule has 1 aliphatic heterocycles. The third-order valence-corrected chi connectivity index (χ3v) is 3.99. The SMILES string of the molecule is CC1CCN(CC(O)CNC(=O)COc2ccccc2)CC1. The largest absolute Gasteiger partial charge is 0.484 e. The van der Waals surface area contributed by atoms with Crippen LogP contribution in [-0.2, 0) is 4.79 Å². The van der Waals surface area contributed by atoms with Gasteiger partial charge in [-0.05, 0) is 44.0 Å². The number of para-hydroxylation sites is 1. The van der Waals surface area contributed by atoms with Crippen molar-refractivity contribution in [1.82, 2.24) is 10.2 Å². The summed E-state index contributed by atoms with van der Waals surface area (Å²) in [6.45, 7) is 5.18. The van der Waals surface area contributed by atoms with Crippen LogP contribution >= 0.6 is 0 Å². The smallest absolute Gasteiger partial charge is 0.258 e. The molecule has 1 amide bonds. The van der Waals surface area contributed by atoms with Crippen molar-refractivity contribution in [3.63, 3.8) is 0 Å². The topological polar surface area (TPSA) is 61.8 Å². The summed E-state index contributed by atoms with van der Waals surface area (Å²) in [6.07, 6.45) is 1.84. The van der Waals surface area contributed by atoms with Gasteiger partial charge in [-0.2, -0.15) is 0 Å².